The van der Waals surface area contributed by atoms with Crippen molar-refractivity contribution in [3.05, 3.63) is 62.9 Å². The number of anilines is 1. The largest absolute Gasteiger partial charge is 0.398 e. The average molecular weight is 438 g/mol. The van der Waals surface area contributed by atoms with Gasteiger partial charge in [-0.15, -0.1) is 0 Å². The van der Waals surface area contributed by atoms with Gasteiger partial charge in [-0.25, -0.2) is 4.39 Å². The van der Waals surface area contributed by atoms with Crippen LogP contribution in [0.25, 0.3) is 0 Å². The highest BCUT2D eigenvalue weighted by molar-refractivity contribution is 6.36. The minimum atomic E-state index is -0.675. The highest BCUT2D eigenvalue weighted by atomic mass is 35.5. The maximum Gasteiger partial charge on any atom is 0.218 e. The van der Waals surface area contributed by atoms with Gasteiger partial charge in [-0.2, -0.15) is 0 Å². The standard InChI is InChI=1S/C21H22Cl2FN3O2/c1-10(8-17(26)28)27-20(11-2-3-11)13-5-6-14(22)18(19(13)24)21(29)12-4-7-16(25)15(23)9-12/h4-7,9-11,20,27H,2-3,8,25H2,1H3,(H2,26,28)/t10-,20?/m1/s1. The number of ketones is 1. The van der Waals surface area contributed by atoms with Gasteiger partial charge < -0.3 is 16.8 Å². The van der Waals surface area contributed by atoms with Crippen molar-refractivity contribution in [3.8, 4) is 0 Å². The Kier molecular flexibility index (Phi) is 6.46. The Morgan fingerprint density at radius 3 is 2.48 bits per heavy atom. The van der Waals surface area contributed by atoms with Crippen LogP contribution in [0.3, 0.4) is 0 Å². The molecule has 154 valence electrons. The van der Waals surface area contributed by atoms with E-state index in [1.807, 2.05) is 6.92 Å². The second kappa shape index (κ2) is 8.69. The molecule has 29 heavy (non-hydrogen) atoms. The minimum absolute atomic E-state index is 0.0175. The number of benzene rings is 2. The number of hydrogen-bond donors (Lipinski definition) is 3. The smallest absolute Gasteiger partial charge is 0.218 e. The van der Waals surface area contributed by atoms with Crippen molar-refractivity contribution in [1.82, 2.24) is 5.32 Å². The third-order valence-corrected chi connectivity index (χ3v) is 5.65. The lowest BCUT2D eigenvalue weighted by Crippen LogP contribution is -2.35. The van der Waals surface area contributed by atoms with E-state index in [1.165, 1.54) is 24.3 Å². The van der Waals surface area contributed by atoms with Gasteiger partial charge >= 0.3 is 0 Å². The summed E-state index contributed by atoms with van der Waals surface area (Å²) in [7, 11) is 0. The number of hydrogen-bond acceptors (Lipinski definition) is 4. The van der Waals surface area contributed by atoms with E-state index < -0.39 is 17.5 Å². The molecule has 1 fully saturated rings. The van der Waals surface area contributed by atoms with Gasteiger partial charge in [-0.3, -0.25) is 9.59 Å². The number of amides is 1. The van der Waals surface area contributed by atoms with Crippen LogP contribution in [0.15, 0.2) is 30.3 Å². The Morgan fingerprint density at radius 2 is 1.90 bits per heavy atom. The molecule has 2 aromatic rings. The molecule has 2 aromatic carbocycles. The summed E-state index contributed by atoms with van der Waals surface area (Å²) in [4.78, 5) is 24.2. The van der Waals surface area contributed by atoms with Crippen molar-refractivity contribution < 1.29 is 14.0 Å². The molecule has 0 saturated heterocycles. The zero-order valence-corrected chi connectivity index (χ0v) is 17.4. The topological polar surface area (TPSA) is 98.2 Å². The summed E-state index contributed by atoms with van der Waals surface area (Å²) in [5.74, 6) is -1.47. The molecule has 3 rings (SSSR count). The van der Waals surface area contributed by atoms with E-state index in [9.17, 15) is 9.59 Å². The summed E-state index contributed by atoms with van der Waals surface area (Å²) >= 11 is 12.2. The number of carbonyl (C=O) groups is 2. The molecule has 1 aliphatic carbocycles. The van der Waals surface area contributed by atoms with Crippen molar-refractivity contribution in [3.63, 3.8) is 0 Å². The van der Waals surface area contributed by atoms with Crippen LogP contribution in [-0.4, -0.2) is 17.7 Å². The first-order chi connectivity index (χ1) is 13.7. The van der Waals surface area contributed by atoms with Crippen LogP contribution in [0.5, 0.6) is 0 Å². The first-order valence-electron chi connectivity index (χ1n) is 9.31. The molecule has 1 amide bonds. The van der Waals surface area contributed by atoms with E-state index in [4.69, 9.17) is 34.7 Å². The third-order valence-electron chi connectivity index (χ3n) is 5.01. The van der Waals surface area contributed by atoms with E-state index in [1.54, 1.807) is 6.07 Å². The monoisotopic (exact) mass is 437 g/mol. The molecule has 0 aliphatic heterocycles. The lowest BCUT2D eigenvalue weighted by atomic mass is 9.94. The molecule has 5 N–H and O–H groups in total. The fraction of sp³-hybridized carbons (Fsp3) is 0.333. The molecule has 0 spiro atoms. The van der Waals surface area contributed by atoms with Gasteiger partial charge in [-0.1, -0.05) is 29.3 Å². The van der Waals surface area contributed by atoms with Crippen LogP contribution in [0.2, 0.25) is 10.0 Å². The summed E-state index contributed by atoms with van der Waals surface area (Å²) in [5, 5.41) is 3.50. The normalized spacial score (nSPS) is 15.7. The Labute approximate surface area is 178 Å². The highest BCUT2D eigenvalue weighted by Gasteiger charge is 2.36. The fourth-order valence-corrected chi connectivity index (χ4v) is 3.82. The SMILES string of the molecule is C[C@H](CC(N)=O)NC(c1ccc(Cl)c(C(=O)c2ccc(N)c(Cl)c2)c1F)C1CC1. The molecule has 0 radical (unpaired) electrons. The van der Waals surface area contributed by atoms with E-state index in [0.717, 1.165) is 12.8 Å². The predicted octanol–water partition coefficient (Wildman–Crippen LogP) is 4.25. The van der Waals surface area contributed by atoms with E-state index in [-0.39, 0.29) is 45.6 Å². The Hall–Kier alpha value is -2.15. The molecule has 1 saturated carbocycles. The Bertz CT molecular complexity index is 963. The molecule has 0 bridgehead atoms. The first-order valence-corrected chi connectivity index (χ1v) is 10.1. The lowest BCUT2D eigenvalue weighted by molar-refractivity contribution is -0.118. The van der Waals surface area contributed by atoms with Crippen molar-refractivity contribution in [2.24, 2.45) is 11.7 Å². The second-order valence-electron chi connectivity index (χ2n) is 7.44. The summed E-state index contributed by atoms with van der Waals surface area (Å²) in [6, 6.07) is 6.89. The number of primary amides is 1. The maximum absolute atomic E-state index is 15.5. The molecule has 1 unspecified atom stereocenters. The minimum Gasteiger partial charge on any atom is -0.398 e. The third kappa shape index (κ3) is 4.89. The van der Waals surface area contributed by atoms with E-state index >= 15 is 4.39 Å². The maximum atomic E-state index is 15.5. The quantitative estimate of drug-likeness (QED) is 0.424. The zero-order chi connectivity index (χ0) is 21.3. The molecule has 0 aromatic heterocycles. The molecule has 8 heteroatoms. The number of halogens is 3. The van der Waals surface area contributed by atoms with Crippen LogP contribution in [0.4, 0.5) is 10.1 Å². The molecule has 0 heterocycles. The molecule has 2 atom stereocenters. The first kappa shape index (κ1) is 21.6. The Morgan fingerprint density at radius 1 is 1.21 bits per heavy atom. The van der Waals surface area contributed by atoms with Gasteiger partial charge in [0, 0.05) is 29.6 Å². The average Bonchev–Trinajstić information content (AvgIpc) is 3.47. The summed E-state index contributed by atoms with van der Waals surface area (Å²) in [5.41, 5.74) is 11.6. The number of rotatable bonds is 8. The van der Waals surface area contributed by atoms with Gasteiger partial charge in [0.25, 0.3) is 0 Å². The van der Waals surface area contributed by atoms with Crippen LogP contribution in [0, 0.1) is 11.7 Å². The van der Waals surface area contributed by atoms with Crippen molar-refractivity contribution in [2.75, 3.05) is 5.73 Å². The number of nitrogen functional groups attached to an aromatic ring is 1. The summed E-state index contributed by atoms with van der Waals surface area (Å²) in [6.45, 7) is 1.82. The molecule has 1 aliphatic rings. The number of carbonyl (C=O) groups excluding carboxylic acids is 2. The van der Waals surface area contributed by atoms with E-state index in [0.29, 0.717) is 11.3 Å². The van der Waals surface area contributed by atoms with Crippen molar-refractivity contribution in [2.45, 2.75) is 38.3 Å². The van der Waals surface area contributed by atoms with Gasteiger partial charge in [0.05, 0.1) is 21.3 Å². The van der Waals surface area contributed by atoms with Gasteiger partial charge in [0.15, 0.2) is 5.78 Å². The zero-order valence-electron chi connectivity index (χ0n) is 15.8. The van der Waals surface area contributed by atoms with Gasteiger partial charge in [-0.05, 0) is 49.9 Å². The molecule has 5 nitrogen and oxygen atoms in total. The van der Waals surface area contributed by atoms with Crippen molar-refractivity contribution >= 4 is 40.6 Å². The molecular weight excluding hydrogens is 416 g/mol. The second-order valence-corrected chi connectivity index (χ2v) is 8.26. The lowest BCUT2D eigenvalue weighted by Gasteiger charge is -2.24. The van der Waals surface area contributed by atoms with Crippen LogP contribution in [-0.2, 0) is 4.79 Å². The summed E-state index contributed by atoms with van der Waals surface area (Å²) < 4.78 is 15.5. The van der Waals surface area contributed by atoms with Crippen LogP contribution < -0.4 is 16.8 Å². The number of nitrogens with two attached hydrogens (primary N) is 2. The Balaban J connectivity index is 1.97. The van der Waals surface area contributed by atoms with Crippen molar-refractivity contribution in [1.29, 1.82) is 0 Å². The van der Waals surface area contributed by atoms with Crippen LogP contribution in [0.1, 0.15) is 53.7 Å². The number of nitrogens with one attached hydrogen (secondary N) is 1. The van der Waals surface area contributed by atoms with Gasteiger partial charge in [0.2, 0.25) is 5.91 Å². The van der Waals surface area contributed by atoms with E-state index in [2.05, 4.69) is 5.32 Å². The molecular formula is C21H22Cl2FN3O2. The van der Waals surface area contributed by atoms with Crippen LogP contribution >= 0.6 is 23.2 Å². The van der Waals surface area contributed by atoms with Gasteiger partial charge in [0.1, 0.15) is 5.82 Å². The fourth-order valence-electron chi connectivity index (χ4n) is 3.41. The summed E-state index contributed by atoms with van der Waals surface area (Å²) in [6.07, 6.45) is 1.99. The highest BCUT2D eigenvalue weighted by Crippen LogP contribution is 2.43. The predicted molar refractivity (Wildman–Crippen MR) is 113 cm³/mol.